The predicted octanol–water partition coefficient (Wildman–Crippen LogP) is 4.62. The molecular formula is C27H23FN2O3. The van der Waals surface area contributed by atoms with Gasteiger partial charge in [0.1, 0.15) is 11.6 Å². The Labute approximate surface area is 190 Å². The van der Waals surface area contributed by atoms with Crippen molar-refractivity contribution in [2.24, 2.45) is 0 Å². The molecule has 3 aromatic rings. The van der Waals surface area contributed by atoms with Gasteiger partial charge in [0.25, 0.3) is 5.56 Å². The van der Waals surface area contributed by atoms with Crippen LogP contribution in [0.2, 0.25) is 0 Å². The quantitative estimate of drug-likeness (QED) is 0.552. The summed E-state index contributed by atoms with van der Waals surface area (Å²) in [6, 6.07) is 8.60. The molecule has 0 aliphatic heterocycles. The maximum atomic E-state index is 15.1. The average Bonchev–Trinajstić information content (AvgIpc) is 2.87. The molecule has 33 heavy (non-hydrogen) atoms. The van der Waals surface area contributed by atoms with Gasteiger partial charge in [0, 0.05) is 24.6 Å². The number of aromatic nitrogens is 2. The molecule has 2 aromatic carbocycles. The van der Waals surface area contributed by atoms with Crippen LogP contribution in [0.1, 0.15) is 50.3 Å². The lowest BCUT2D eigenvalue weighted by Gasteiger charge is -2.20. The zero-order valence-corrected chi connectivity index (χ0v) is 18.7. The highest BCUT2D eigenvalue weighted by atomic mass is 19.1. The number of Topliss-reactive ketones (excluding diaryl/α,β-unsaturated/α-hetero) is 1. The number of carbonyl (C=O) groups is 2. The van der Waals surface area contributed by atoms with Crippen molar-refractivity contribution in [1.29, 1.82) is 0 Å². The molecule has 2 aliphatic carbocycles. The summed E-state index contributed by atoms with van der Waals surface area (Å²) in [5, 5.41) is 4.77. The third kappa shape index (κ3) is 3.55. The van der Waals surface area contributed by atoms with Crippen LogP contribution in [0.3, 0.4) is 0 Å². The van der Waals surface area contributed by atoms with Gasteiger partial charge < -0.3 is 0 Å². The van der Waals surface area contributed by atoms with E-state index in [4.69, 9.17) is 0 Å². The van der Waals surface area contributed by atoms with E-state index in [2.05, 4.69) is 5.10 Å². The van der Waals surface area contributed by atoms with Crippen LogP contribution in [0, 0.1) is 5.82 Å². The number of ketones is 2. The molecule has 0 atom stereocenters. The van der Waals surface area contributed by atoms with Crippen LogP contribution < -0.4 is 5.56 Å². The van der Waals surface area contributed by atoms with Gasteiger partial charge in [-0.1, -0.05) is 39.0 Å². The molecule has 1 heterocycles. The molecule has 6 heteroatoms. The molecule has 0 spiro atoms. The van der Waals surface area contributed by atoms with Gasteiger partial charge in [-0.3, -0.25) is 14.4 Å². The maximum Gasteiger partial charge on any atom is 0.282 e. The monoisotopic (exact) mass is 442 g/mol. The van der Waals surface area contributed by atoms with Gasteiger partial charge in [-0.2, -0.15) is 9.78 Å². The Morgan fingerprint density at radius 3 is 2.55 bits per heavy atom. The third-order valence-corrected chi connectivity index (χ3v) is 6.36. The molecule has 5 nitrogen and oxygen atoms in total. The van der Waals surface area contributed by atoms with Gasteiger partial charge in [0.05, 0.1) is 17.3 Å². The van der Waals surface area contributed by atoms with Crippen molar-refractivity contribution in [2.45, 2.75) is 45.4 Å². The molecule has 5 rings (SSSR count). The minimum atomic E-state index is -0.588. The topological polar surface area (TPSA) is 69.0 Å². The minimum Gasteiger partial charge on any atom is -0.299 e. The number of carbonyl (C=O) groups excluding carboxylic acids is 2. The van der Waals surface area contributed by atoms with Crippen LogP contribution >= 0.6 is 0 Å². The molecule has 1 aromatic heterocycles. The zero-order valence-electron chi connectivity index (χ0n) is 18.7. The number of fused-ring (bicyclic) bond motifs is 3. The molecular weight excluding hydrogens is 419 g/mol. The number of allylic oxidation sites excluding steroid dienone is 4. The molecule has 0 amide bonds. The molecule has 0 bridgehead atoms. The minimum absolute atomic E-state index is 0.0290. The summed E-state index contributed by atoms with van der Waals surface area (Å²) in [7, 11) is 0. The molecule has 0 radical (unpaired) electrons. The molecule has 0 fully saturated rings. The number of hydrogen-bond acceptors (Lipinski definition) is 4. The normalized spacial score (nSPS) is 16.1. The van der Waals surface area contributed by atoms with E-state index in [1.165, 1.54) is 23.0 Å². The standard InChI is InChI=1S/C27H23FN2O3/c1-27(2,3)17-9-16-14-29-30(26(33)25(16)23(28)12-17)24-6-4-5-21-20-8-7-18(31)10-15(20)11-19(32)13-22(21)24/h4-9,12,14H,10-11,13H2,1-3H3. The van der Waals surface area contributed by atoms with Crippen molar-refractivity contribution < 1.29 is 14.0 Å². The lowest BCUT2D eigenvalue weighted by molar-refractivity contribution is -0.117. The molecule has 0 saturated heterocycles. The number of benzene rings is 2. The second-order valence-corrected chi connectivity index (χ2v) is 9.72. The predicted molar refractivity (Wildman–Crippen MR) is 125 cm³/mol. The number of halogens is 1. The van der Waals surface area contributed by atoms with Gasteiger partial charge in [0.2, 0.25) is 0 Å². The molecule has 0 N–H and O–H groups in total. The van der Waals surface area contributed by atoms with Crippen molar-refractivity contribution in [1.82, 2.24) is 9.78 Å². The summed E-state index contributed by atoms with van der Waals surface area (Å²) >= 11 is 0. The van der Waals surface area contributed by atoms with Crippen LogP contribution in [0.4, 0.5) is 4.39 Å². The fourth-order valence-electron chi connectivity index (χ4n) is 4.64. The van der Waals surface area contributed by atoms with Gasteiger partial charge in [0.15, 0.2) is 5.78 Å². The SMILES string of the molecule is CC(C)(C)c1cc(F)c2c(=O)n(-c3cccc4c3CC(=O)CC3=C4C=CC(=O)C3)ncc2c1. The maximum absolute atomic E-state index is 15.1. The Morgan fingerprint density at radius 2 is 1.79 bits per heavy atom. The fraction of sp³-hybridized carbons (Fsp3) is 0.259. The van der Waals surface area contributed by atoms with E-state index in [1.807, 2.05) is 26.8 Å². The third-order valence-electron chi connectivity index (χ3n) is 6.36. The Bertz CT molecular complexity index is 1490. The van der Waals surface area contributed by atoms with E-state index in [9.17, 15) is 14.4 Å². The molecule has 166 valence electrons. The fourth-order valence-corrected chi connectivity index (χ4v) is 4.64. The van der Waals surface area contributed by atoms with Gasteiger partial charge in [-0.25, -0.2) is 4.39 Å². The van der Waals surface area contributed by atoms with Gasteiger partial charge in [-0.05, 0) is 57.5 Å². The first-order valence-corrected chi connectivity index (χ1v) is 10.9. The highest BCUT2D eigenvalue weighted by molar-refractivity contribution is 6.03. The summed E-state index contributed by atoms with van der Waals surface area (Å²) in [5.74, 6) is -0.652. The van der Waals surface area contributed by atoms with E-state index in [-0.39, 0.29) is 41.6 Å². The average molecular weight is 442 g/mol. The Balaban J connectivity index is 1.74. The van der Waals surface area contributed by atoms with E-state index < -0.39 is 11.4 Å². The Morgan fingerprint density at radius 1 is 1.00 bits per heavy atom. The lowest BCUT2D eigenvalue weighted by atomic mass is 9.86. The first-order valence-electron chi connectivity index (χ1n) is 10.9. The van der Waals surface area contributed by atoms with E-state index in [0.29, 0.717) is 16.6 Å². The van der Waals surface area contributed by atoms with Crippen LogP contribution in [-0.4, -0.2) is 21.3 Å². The zero-order chi connectivity index (χ0) is 23.5. The van der Waals surface area contributed by atoms with Crippen molar-refractivity contribution in [3.63, 3.8) is 0 Å². The number of hydrogen-bond donors (Lipinski definition) is 0. The second kappa shape index (κ2) is 7.44. The molecule has 0 saturated carbocycles. The van der Waals surface area contributed by atoms with Crippen molar-refractivity contribution >= 4 is 27.9 Å². The number of rotatable bonds is 1. The van der Waals surface area contributed by atoms with E-state index in [0.717, 1.165) is 22.3 Å². The van der Waals surface area contributed by atoms with Crippen LogP contribution in [0.5, 0.6) is 0 Å². The smallest absolute Gasteiger partial charge is 0.282 e. The van der Waals surface area contributed by atoms with Crippen molar-refractivity contribution in [2.75, 3.05) is 0 Å². The van der Waals surface area contributed by atoms with Crippen LogP contribution in [0.25, 0.3) is 22.0 Å². The lowest BCUT2D eigenvalue weighted by Crippen LogP contribution is -2.24. The Hall–Kier alpha value is -3.67. The second-order valence-electron chi connectivity index (χ2n) is 9.72. The first kappa shape index (κ1) is 21.2. The summed E-state index contributed by atoms with van der Waals surface area (Å²) in [6.07, 6.45) is 5.29. The van der Waals surface area contributed by atoms with Gasteiger partial charge >= 0.3 is 0 Å². The van der Waals surface area contributed by atoms with Crippen LogP contribution in [0.15, 0.2) is 59.0 Å². The Kier molecular flexibility index (Phi) is 4.78. The van der Waals surface area contributed by atoms with Crippen molar-refractivity contribution in [3.05, 3.63) is 87.1 Å². The summed E-state index contributed by atoms with van der Waals surface area (Å²) in [6.45, 7) is 5.94. The van der Waals surface area contributed by atoms with E-state index >= 15 is 4.39 Å². The van der Waals surface area contributed by atoms with Gasteiger partial charge in [-0.15, -0.1) is 0 Å². The first-order chi connectivity index (χ1) is 15.6. The largest absolute Gasteiger partial charge is 0.299 e. The highest BCUT2D eigenvalue weighted by Crippen LogP contribution is 2.36. The molecule has 2 aliphatic rings. The van der Waals surface area contributed by atoms with Crippen LogP contribution in [-0.2, 0) is 21.4 Å². The van der Waals surface area contributed by atoms with E-state index in [1.54, 1.807) is 24.3 Å². The summed E-state index contributed by atoms with van der Waals surface area (Å²) in [4.78, 5) is 38.0. The summed E-state index contributed by atoms with van der Waals surface area (Å²) in [5.41, 5.74) is 3.48. The number of nitrogens with zero attached hydrogens (tertiary/aromatic N) is 2. The van der Waals surface area contributed by atoms with Crippen molar-refractivity contribution in [3.8, 4) is 5.69 Å². The highest BCUT2D eigenvalue weighted by Gasteiger charge is 2.27. The summed E-state index contributed by atoms with van der Waals surface area (Å²) < 4.78 is 16.3. The molecule has 0 unspecified atom stereocenters.